The molecule has 8 nitrogen and oxygen atoms in total. The van der Waals surface area contributed by atoms with Crippen LogP contribution in [-0.4, -0.2) is 48.9 Å². The van der Waals surface area contributed by atoms with E-state index in [0.29, 0.717) is 12.0 Å². The van der Waals surface area contributed by atoms with Crippen LogP contribution in [-0.2, 0) is 28.2 Å². The predicted octanol–water partition coefficient (Wildman–Crippen LogP) is 2.37. The van der Waals surface area contributed by atoms with Gasteiger partial charge in [-0.05, 0) is 60.1 Å². The summed E-state index contributed by atoms with van der Waals surface area (Å²) in [7, 11) is 0. The van der Waals surface area contributed by atoms with Gasteiger partial charge in [0.1, 0.15) is 5.75 Å². The highest BCUT2D eigenvalue weighted by atomic mass is 32.2. The van der Waals surface area contributed by atoms with E-state index in [2.05, 4.69) is 4.98 Å². The zero-order valence-corrected chi connectivity index (χ0v) is 19.0. The van der Waals surface area contributed by atoms with Gasteiger partial charge in [-0.25, -0.2) is 0 Å². The maximum atomic E-state index is 12.5. The van der Waals surface area contributed by atoms with Gasteiger partial charge in [-0.1, -0.05) is 29.6 Å². The molecule has 170 valence electrons. The normalized spacial score (nSPS) is 13.2. The van der Waals surface area contributed by atoms with Gasteiger partial charge in [-0.15, -0.1) is 0 Å². The third kappa shape index (κ3) is 5.57. The van der Waals surface area contributed by atoms with Crippen molar-refractivity contribution in [2.24, 2.45) is 11.5 Å². The Morgan fingerprint density at radius 2 is 1.69 bits per heavy atom. The summed E-state index contributed by atoms with van der Waals surface area (Å²) >= 11 is 2.11. The Bertz CT molecular complexity index is 1150. The van der Waals surface area contributed by atoms with E-state index in [0.717, 1.165) is 45.6 Å². The number of fused-ring (bicyclic) bond motifs is 1. The van der Waals surface area contributed by atoms with Crippen LogP contribution in [0.2, 0.25) is 0 Å². The SMILES string of the molecule is CSC(=O)C(N)Cc1c[nH]c2c(CSC(=O)C(N)Cc3ccc(O)c(O)c3)cc(O)cc12. The number of benzene rings is 2. The molecule has 0 spiro atoms. The molecule has 10 heteroatoms. The molecule has 0 saturated carbocycles. The van der Waals surface area contributed by atoms with Crippen molar-refractivity contribution in [1.82, 2.24) is 4.98 Å². The minimum Gasteiger partial charge on any atom is -0.508 e. The minimum absolute atomic E-state index is 0.0510. The summed E-state index contributed by atoms with van der Waals surface area (Å²) in [6, 6.07) is 6.06. The second-order valence-corrected chi connectivity index (χ2v) is 9.21. The van der Waals surface area contributed by atoms with Crippen LogP contribution in [0, 0.1) is 0 Å². The number of H-pyrrole nitrogens is 1. The van der Waals surface area contributed by atoms with E-state index in [-0.39, 0.29) is 39.7 Å². The van der Waals surface area contributed by atoms with E-state index in [1.807, 2.05) is 0 Å². The first-order valence-corrected chi connectivity index (χ1v) is 12.0. The molecule has 0 aliphatic rings. The molecular formula is C22H25N3O5S2. The number of carbonyl (C=O) groups is 2. The standard InChI is InChI=1S/C22H25N3O5S2/c1-31-21(29)17(24)7-12-9-25-20-13(6-14(26)8-15(12)20)10-32-22(30)16(23)4-11-2-3-18(27)19(28)5-11/h2-3,5-6,8-9,16-17,25-28H,4,7,10,23-24H2,1H3. The largest absolute Gasteiger partial charge is 0.508 e. The summed E-state index contributed by atoms with van der Waals surface area (Å²) in [5, 5.41) is 29.6. The molecule has 0 aliphatic carbocycles. The van der Waals surface area contributed by atoms with Gasteiger partial charge in [0.15, 0.2) is 11.5 Å². The van der Waals surface area contributed by atoms with Crippen LogP contribution in [0.3, 0.4) is 0 Å². The lowest BCUT2D eigenvalue weighted by Crippen LogP contribution is -2.30. The number of nitrogens with one attached hydrogen (secondary N) is 1. The summed E-state index contributed by atoms with van der Waals surface area (Å²) in [5.41, 5.74) is 14.9. The van der Waals surface area contributed by atoms with E-state index in [4.69, 9.17) is 11.5 Å². The summed E-state index contributed by atoms with van der Waals surface area (Å²) in [6.07, 6.45) is 3.99. The molecule has 0 saturated heterocycles. The Kier molecular flexibility index (Phi) is 7.73. The molecule has 8 N–H and O–H groups in total. The summed E-state index contributed by atoms with van der Waals surface area (Å²) in [5.74, 6) is -0.165. The fourth-order valence-electron chi connectivity index (χ4n) is 3.39. The lowest BCUT2D eigenvalue weighted by atomic mass is 10.0. The predicted molar refractivity (Wildman–Crippen MR) is 128 cm³/mol. The molecule has 0 fully saturated rings. The molecule has 32 heavy (non-hydrogen) atoms. The Morgan fingerprint density at radius 1 is 0.969 bits per heavy atom. The smallest absolute Gasteiger partial charge is 0.206 e. The van der Waals surface area contributed by atoms with Gasteiger partial charge in [-0.2, -0.15) is 0 Å². The van der Waals surface area contributed by atoms with Crippen molar-refractivity contribution in [2.75, 3.05) is 6.26 Å². The van der Waals surface area contributed by atoms with Crippen molar-refractivity contribution in [3.8, 4) is 17.2 Å². The zero-order chi connectivity index (χ0) is 23.4. The van der Waals surface area contributed by atoms with Crippen LogP contribution >= 0.6 is 23.5 Å². The monoisotopic (exact) mass is 475 g/mol. The lowest BCUT2D eigenvalue weighted by molar-refractivity contribution is -0.112. The Balaban J connectivity index is 1.70. The number of aromatic amines is 1. The Labute approximate surface area is 193 Å². The molecule has 0 amide bonds. The first kappa shape index (κ1) is 24.0. The van der Waals surface area contributed by atoms with E-state index < -0.39 is 12.1 Å². The van der Waals surface area contributed by atoms with E-state index in [9.17, 15) is 24.9 Å². The Morgan fingerprint density at radius 3 is 2.38 bits per heavy atom. The van der Waals surface area contributed by atoms with Crippen LogP contribution in [0.1, 0.15) is 16.7 Å². The van der Waals surface area contributed by atoms with Gasteiger partial charge in [-0.3, -0.25) is 9.59 Å². The number of phenolic OH excluding ortho intramolecular Hbond substituents is 3. The number of nitrogens with two attached hydrogens (primary N) is 2. The van der Waals surface area contributed by atoms with Crippen molar-refractivity contribution in [3.63, 3.8) is 0 Å². The number of hydrogen-bond acceptors (Lipinski definition) is 9. The van der Waals surface area contributed by atoms with Gasteiger partial charge < -0.3 is 31.8 Å². The number of aromatic nitrogens is 1. The van der Waals surface area contributed by atoms with Crippen molar-refractivity contribution in [2.45, 2.75) is 30.7 Å². The molecule has 0 aliphatic heterocycles. The fourth-order valence-corrected chi connectivity index (χ4v) is 4.60. The highest BCUT2D eigenvalue weighted by Gasteiger charge is 2.19. The molecule has 2 aromatic carbocycles. The zero-order valence-electron chi connectivity index (χ0n) is 17.4. The third-order valence-corrected chi connectivity index (χ3v) is 6.80. The van der Waals surface area contributed by atoms with Crippen LogP contribution < -0.4 is 11.5 Å². The maximum Gasteiger partial charge on any atom is 0.206 e. The fraction of sp³-hybridized carbons (Fsp3) is 0.273. The van der Waals surface area contributed by atoms with Crippen LogP contribution in [0.4, 0.5) is 0 Å². The molecule has 0 bridgehead atoms. The van der Waals surface area contributed by atoms with E-state index in [1.165, 1.54) is 12.1 Å². The van der Waals surface area contributed by atoms with E-state index >= 15 is 0 Å². The second-order valence-electron chi connectivity index (χ2n) is 7.42. The molecule has 2 atom stereocenters. The molecule has 3 aromatic rings. The maximum absolute atomic E-state index is 12.5. The first-order chi connectivity index (χ1) is 15.2. The van der Waals surface area contributed by atoms with Crippen molar-refractivity contribution in [1.29, 1.82) is 0 Å². The average Bonchev–Trinajstić information content (AvgIpc) is 3.16. The minimum atomic E-state index is -0.800. The molecule has 3 rings (SSSR count). The van der Waals surface area contributed by atoms with Gasteiger partial charge in [0.05, 0.1) is 17.6 Å². The van der Waals surface area contributed by atoms with Crippen molar-refractivity contribution < 1.29 is 24.9 Å². The Hall–Kier alpha value is -2.66. The molecule has 2 unspecified atom stereocenters. The summed E-state index contributed by atoms with van der Waals surface area (Å²) < 4.78 is 0. The van der Waals surface area contributed by atoms with Crippen molar-refractivity contribution >= 4 is 44.7 Å². The third-order valence-electron chi connectivity index (χ3n) is 5.05. The van der Waals surface area contributed by atoms with Crippen molar-refractivity contribution in [3.05, 3.63) is 53.2 Å². The number of thioether (sulfide) groups is 2. The second kappa shape index (κ2) is 10.3. The average molecular weight is 476 g/mol. The van der Waals surface area contributed by atoms with Gasteiger partial charge in [0, 0.05) is 17.3 Å². The van der Waals surface area contributed by atoms with Crippen LogP contribution in [0.5, 0.6) is 17.2 Å². The van der Waals surface area contributed by atoms with Crippen LogP contribution in [0.25, 0.3) is 10.9 Å². The topological polar surface area (TPSA) is 163 Å². The molecular weight excluding hydrogens is 450 g/mol. The van der Waals surface area contributed by atoms with Gasteiger partial charge in [0.25, 0.3) is 0 Å². The number of hydrogen-bond donors (Lipinski definition) is 6. The van der Waals surface area contributed by atoms with E-state index in [1.54, 1.807) is 30.7 Å². The van der Waals surface area contributed by atoms with Gasteiger partial charge in [0.2, 0.25) is 10.2 Å². The number of phenols is 3. The number of rotatable bonds is 8. The van der Waals surface area contributed by atoms with Gasteiger partial charge >= 0.3 is 0 Å². The molecule has 0 radical (unpaired) electrons. The number of aromatic hydroxyl groups is 3. The first-order valence-electron chi connectivity index (χ1n) is 9.78. The van der Waals surface area contributed by atoms with Crippen LogP contribution in [0.15, 0.2) is 36.5 Å². The summed E-state index contributed by atoms with van der Waals surface area (Å²) in [4.78, 5) is 27.5. The number of carbonyl (C=O) groups excluding carboxylic acids is 2. The highest BCUT2D eigenvalue weighted by Crippen LogP contribution is 2.31. The molecule has 1 heterocycles. The highest BCUT2D eigenvalue weighted by molar-refractivity contribution is 8.13. The lowest BCUT2D eigenvalue weighted by Gasteiger charge is -2.12. The quantitative estimate of drug-likeness (QED) is 0.268. The summed E-state index contributed by atoms with van der Waals surface area (Å²) in [6.45, 7) is 0. The molecule has 1 aromatic heterocycles.